The quantitative estimate of drug-likeness (QED) is 0.847. The number of rotatable bonds is 4. The van der Waals surface area contributed by atoms with Crippen LogP contribution in [0, 0.1) is 12.8 Å². The van der Waals surface area contributed by atoms with Crippen molar-refractivity contribution in [2.75, 3.05) is 25.6 Å². The van der Waals surface area contributed by atoms with Crippen LogP contribution in [-0.4, -0.2) is 32.3 Å². The molecule has 2 rings (SSSR count). The minimum Gasteiger partial charge on any atom is -0.467 e. The molecule has 0 spiro atoms. The van der Waals surface area contributed by atoms with Gasteiger partial charge < -0.3 is 14.8 Å². The number of hydrogen-bond acceptors (Lipinski definition) is 4. The molecule has 4 heteroatoms. The second-order valence-corrected chi connectivity index (χ2v) is 4.96. The third-order valence-electron chi connectivity index (χ3n) is 3.57. The van der Waals surface area contributed by atoms with Crippen LogP contribution in [0.2, 0.25) is 0 Å². The number of methoxy groups -OCH3 is 1. The van der Waals surface area contributed by atoms with Crippen LogP contribution in [0.1, 0.15) is 18.4 Å². The Morgan fingerprint density at radius 3 is 2.53 bits per heavy atom. The van der Waals surface area contributed by atoms with Gasteiger partial charge in [-0.3, -0.25) is 0 Å². The van der Waals surface area contributed by atoms with Crippen molar-refractivity contribution in [3.8, 4) is 0 Å². The summed E-state index contributed by atoms with van der Waals surface area (Å²) in [6.07, 6.45) is 1.78. The van der Waals surface area contributed by atoms with Gasteiger partial charge >= 0.3 is 5.97 Å². The van der Waals surface area contributed by atoms with Crippen molar-refractivity contribution >= 4 is 11.7 Å². The van der Waals surface area contributed by atoms with Crippen LogP contribution in [0.25, 0.3) is 0 Å². The molecular weight excluding hydrogens is 242 g/mol. The van der Waals surface area contributed by atoms with E-state index in [4.69, 9.17) is 9.47 Å². The summed E-state index contributed by atoms with van der Waals surface area (Å²) in [5.74, 6) is 0.0648. The van der Waals surface area contributed by atoms with Gasteiger partial charge in [-0.15, -0.1) is 0 Å². The number of hydrogen-bond donors (Lipinski definition) is 1. The summed E-state index contributed by atoms with van der Waals surface area (Å²) >= 11 is 0. The van der Waals surface area contributed by atoms with Gasteiger partial charge in [0.25, 0.3) is 0 Å². The number of ether oxygens (including phenoxy) is 2. The highest BCUT2D eigenvalue weighted by atomic mass is 16.5. The summed E-state index contributed by atoms with van der Waals surface area (Å²) < 4.78 is 10.3. The van der Waals surface area contributed by atoms with Gasteiger partial charge in [0.2, 0.25) is 0 Å². The maximum Gasteiger partial charge on any atom is 0.328 e. The van der Waals surface area contributed by atoms with E-state index in [0.717, 1.165) is 18.5 Å². The lowest BCUT2D eigenvalue weighted by Crippen LogP contribution is -2.40. The second-order valence-electron chi connectivity index (χ2n) is 4.96. The monoisotopic (exact) mass is 263 g/mol. The summed E-state index contributed by atoms with van der Waals surface area (Å²) in [6.45, 7) is 3.47. The minimum atomic E-state index is -0.295. The lowest BCUT2D eigenvalue weighted by molar-refractivity contribution is -0.143. The molecular formula is C15H21NO3. The van der Waals surface area contributed by atoms with E-state index < -0.39 is 0 Å². The highest BCUT2D eigenvalue weighted by Gasteiger charge is 2.30. The van der Waals surface area contributed by atoms with Crippen molar-refractivity contribution in [2.24, 2.45) is 5.92 Å². The summed E-state index contributed by atoms with van der Waals surface area (Å²) in [7, 11) is 1.44. The number of benzene rings is 1. The topological polar surface area (TPSA) is 47.6 Å². The molecule has 1 atom stereocenters. The van der Waals surface area contributed by atoms with E-state index in [-0.39, 0.29) is 17.9 Å². The molecule has 1 heterocycles. The van der Waals surface area contributed by atoms with Gasteiger partial charge in [0, 0.05) is 18.9 Å². The predicted molar refractivity (Wildman–Crippen MR) is 74.1 cm³/mol. The number of esters is 1. The molecule has 104 valence electrons. The molecule has 0 bridgehead atoms. The molecule has 0 radical (unpaired) electrons. The van der Waals surface area contributed by atoms with E-state index in [0.29, 0.717) is 13.2 Å². The van der Waals surface area contributed by atoms with Crippen molar-refractivity contribution in [3.05, 3.63) is 29.8 Å². The van der Waals surface area contributed by atoms with Crippen molar-refractivity contribution in [1.82, 2.24) is 0 Å². The van der Waals surface area contributed by atoms with E-state index in [1.165, 1.54) is 12.7 Å². The fraction of sp³-hybridized carbons (Fsp3) is 0.533. The lowest BCUT2D eigenvalue weighted by atomic mass is 9.91. The van der Waals surface area contributed by atoms with Crippen molar-refractivity contribution in [1.29, 1.82) is 0 Å². The fourth-order valence-electron chi connectivity index (χ4n) is 2.37. The van der Waals surface area contributed by atoms with Crippen LogP contribution in [0.4, 0.5) is 5.69 Å². The van der Waals surface area contributed by atoms with Crippen LogP contribution in [-0.2, 0) is 14.3 Å². The molecule has 1 saturated heterocycles. The molecule has 1 aliphatic heterocycles. The molecule has 0 amide bonds. The molecule has 1 aromatic rings. The van der Waals surface area contributed by atoms with Gasteiger partial charge in [-0.25, -0.2) is 4.79 Å². The van der Waals surface area contributed by atoms with Crippen molar-refractivity contribution in [2.45, 2.75) is 25.8 Å². The first kappa shape index (κ1) is 13.9. The molecule has 1 aliphatic rings. The largest absolute Gasteiger partial charge is 0.467 e. The number of aryl methyl sites for hydroxylation is 1. The molecule has 0 aromatic heterocycles. The summed E-state index contributed by atoms with van der Waals surface area (Å²) in [5.41, 5.74) is 2.15. The molecule has 1 aromatic carbocycles. The molecule has 4 nitrogen and oxygen atoms in total. The highest BCUT2D eigenvalue weighted by Crippen LogP contribution is 2.23. The SMILES string of the molecule is COC(=O)C(Nc1ccc(C)cc1)C1CCOCC1. The van der Waals surface area contributed by atoms with Gasteiger partial charge in [-0.2, -0.15) is 0 Å². The van der Waals surface area contributed by atoms with E-state index in [2.05, 4.69) is 5.32 Å². The Kier molecular flexibility index (Phi) is 4.80. The molecule has 1 N–H and O–H groups in total. The summed E-state index contributed by atoms with van der Waals surface area (Å²) in [6, 6.07) is 7.74. The molecule has 1 fully saturated rings. The Bertz CT molecular complexity index is 410. The van der Waals surface area contributed by atoms with E-state index in [1.807, 2.05) is 31.2 Å². The zero-order valence-corrected chi connectivity index (χ0v) is 11.5. The van der Waals surface area contributed by atoms with Gasteiger partial charge in [0.05, 0.1) is 7.11 Å². The minimum absolute atomic E-state index is 0.201. The first-order valence-corrected chi connectivity index (χ1v) is 6.69. The zero-order chi connectivity index (χ0) is 13.7. The van der Waals surface area contributed by atoms with Crippen LogP contribution < -0.4 is 5.32 Å². The molecule has 0 aliphatic carbocycles. The maximum absolute atomic E-state index is 12.0. The Labute approximate surface area is 114 Å². The third-order valence-corrected chi connectivity index (χ3v) is 3.57. The van der Waals surface area contributed by atoms with Gasteiger partial charge in [0.1, 0.15) is 6.04 Å². The maximum atomic E-state index is 12.0. The van der Waals surface area contributed by atoms with Crippen LogP contribution >= 0.6 is 0 Å². The zero-order valence-electron chi connectivity index (χ0n) is 11.5. The third kappa shape index (κ3) is 3.70. The summed E-state index contributed by atoms with van der Waals surface area (Å²) in [4.78, 5) is 12.0. The van der Waals surface area contributed by atoms with Gasteiger partial charge in [-0.05, 0) is 37.8 Å². The van der Waals surface area contributed by atoms with E-state index in [1.54, 1.807) is 0 Å². The first-order valence-electron chi connectivity index (χ1n) is 6.69. The van der Waals surface area contributed by atoms with Gasteiger partial charge in [0.15, 0.2) is 0 Å². The molecule has 1 unspecified atom stereocenters. The average Bonchev–Trinajstić information content (AvgIpc) is 2.47. The fourth-order valence-corrected chi connectivity index (χ4v) is 2.37. The standard InChI is InChI=1S/C15H21NO3/c1-11-3-5-13(6-4-11)16-14(15(17)18-2)12-7-9-19-10-8-12/h3-6,12,14,16H,7-10H2,1-2H3. The Morgan fingerprint density at radius 1 is 1.32 bits per heavy atom. The summed E-state index contributed by atoms with van der Waals surface area (Å²) in [5, 5.41) is 3.30. The smallest absolute Gasteiger partial charge is 0.328 e. The van der Waals surface area contributed by atoms with Crippen molar-refractivity contribution in [3.63, 3.8) is 0 Å². The van der Waals surface area contributed by atoms with Crippen LogP contribution in [0.5, 0.6) is 0 Å². The molecule has 0 saturated carbocycles. The lowest BCUT2D eigenvalue weighted by Gasteiger charge is -2.29. The van der Waals surface area contributed by atoms with Crippen LogP contribution in [0.3, 0.4) is 0 Å². The Morgan fingerprint density at radius 2 is 1.95 bits per heavy atom. The Balaban J connectivity index is 2.08. The number of nitrogens with one attached hydrogen (secondary N) is 1. The molecule has 19 heavy (non-hydrogen) atoms. The number of carbonyl (C=O) groups excluding carboxylic acids is 1. The van der Waals surface area contributed by atoms with E-state index in [9.17, 15) is 4.79 Å². The highest BCUT2D eigenvalue weighted by molar-refractivity contribution is 5.79. The number of anilines is 1. The predicted octanol–water partition coefficient (Wildman–Crippen LogP) is 2.38. The van der Waals surface area contributed by atoms with Gasteiger partial charge in [-0.1, -0.05) is 17.7 Å². The normalized spacial score (nSPS) is 17.8. The second kappa shape index (κ2) is 6.57. The average molecular weight is 263 g/mol. The van der Waals surface area contributed by atoms with Crippen molar-refractivity contribution < 1.29 is 14.3 Å². The first-order chi connectivity index (χ1) is 9.20. The van der Waals surface area contributed by atoms with E-state index >= 15 is 0 Å². The van der Waals surface area contributed by atoms with Crippen LogP contribution in [0.15, 0.2) is 24.3 Å². The Hall–Kier alpha value is -1.55. The number of carbonyl (C=O) groups is 1.